The van der Waals surface area contributed by atoms with Crippen LogP contribution in [0.2, 0.25) is 0 Å². The van der Waals surface area contributed by atoms with Gasteiger partial charge in [-0.1, -0.05) is 89.2 Å². The molecule has 4 N–H and O–H groups in total. The van der Waals surface area contributed by atoms with Crippen LogP contribution < -0.4 is 16.0 Å². The van der Waals surface area contributed by atoms with Gasteiger partial charge in [-0.25, -0.2) is 5.53 Å². The maximum atomic E-state index is 13.7. The number of allylic oxidation sites excluding steroid dienone is 3. The topological polar surface area (TPSA) is 129 Å². The monoisotopic (exact) mass is 571 g/mol. The summed E-state index contributed by atoms with van der Waals surface area (Å²) in [6, 6.07) is 14.6. The van der Waals surface area contributed by atoms with Crippen LogP contribution in [0.1, 0.15) is 89.8 Å². The van der Waals surface area contributed by atoms with E-state index in [4.69, 9.17) is 11.3 Å². The van der Waals surface area contributed by atoms with Crippen molar-refractivity contribution in [2.75, 3.05) is 4.90 Å². The molecular weight excluding hydrogens is 526 g/mol. The molecule has 0 spiro atoms. The van der Waals surface area contributed by atoms with Gasteiger partial charge in [0.1, 0.15) is 6.04 Å². The van der Waals surface area contributed by atoms with Crippen molar-refractivity contribution in [2.45, 2.75) is 85.7 Å². The Hall–Kier alpha value is -4.07. The number of primary amides is 1. The Morgan fingerprint density at radius 2 is 1.69 bits per heavy atom. The minimum atomic E-state index is -0.792. The van der Waals surface area contributed by atoms with Gasteiger partial charge < -0.3 is 16.0 Å². The first-order chi connectivity index (χ1) is 20.0. The number of rotatable bonds is 13. The molecule has 1 atom stereocenters. The molecule has 0 saturated carbocycles. The first-order valence-corrected chi connectivity index (χ1v) is 14.9. The number of carbonyl (C=O) groups excluding carboxylic acids is 3. The van der Waals surface area contributed by atoms with Crippen LogP contribution in [0.5, 0.6) is 0 Å². The van der Waals surface area contributed by atoms with Crippen LogP contribution in [0.25, 0.3) is 11.3 Å². The molecule has 3 rings (SSSR count). The fourth-order valence-electron chi connectivity index (χ4n) is 5.26. The number of hydrogen-bond donors (Lipinski definition) is 3. The summed E-state index contributed by atoms with van der Waals surface area (Å²) in [6.45, 7) is 10.6. The van der Waals surface area contributed by atoms with Crippen LogP contribution >= 0.6 is 0 Å². The van der Waals surface area contributed by atoms with E-state index in [1.54, 1.807) is 18.7 Å². The van der Waals surface area contributed by atoms with Gasteiger partial charge in [-0.3, -0.25) is 14.4 Å². The number of anilines is 1. The second-order valence-electron chi connectivity index (χ2n) is 11.6. The molecule has 0 saturated heterocycles. The molecule has 3 amide bonds. The molecule has 0 aromatic heterocycles. The molecule has 2 aromatic carbocycles. The first-order valence-electron chi connectivity index (χ1n) is 14.9. The molecule has 1 aliphatic heterocycles. The minimum Gasteiger partial charge on any atom is -0.368 e. The summed E-state index contributed by atoms with van der Waals surface area (Å²) < 4.78 is 0. The minimum absolute atomic E-state index is 0.0474. The van der Waals surface area contributed by atoms with Crippen molar-refractivity contribution in [3.63, 3.8) is 0 Å². The van der Waals surface area contributed by atoms with Crippen LogP contribution in [0.4, 0.5) is 5.69 Å². The standard InChI is InChI=1S/C34H45N5O3/c1-6-34(5,7-2)21-13-12-16-26-25-15-9-8-14-24(25)22-39(28-18-11-10-17-27(28)32(26)38-36)30(41)20-19-29(40)37-31(23(3)4)33(35)42/h8-11,13-15,17-18,21,23,31,36H,6-7,12,16,19-20,22H2,1-5H3,(H2,35,42)(H,37,40)/b21-13+,32-26+,38-36?/t31-/m0/s1. The normalized spacial score (nSPS) is 15.9. The van der Waals surface area contributed by atoms with Gasteiger partial charge in [-0.05, 0) is 59.8 Å². The van der Waals surface area contributed by atoms with E-state index >= 15 is 0 Å². The second kappa shape index (κ2) is 14.7. The summed E-state index contributed by atoms with van der Waals surface area (Å²) in [5.41, 5.74) is 18.6. The Morgan fingerprint density at radius 1 is 1.05 bits per heavy atom. The summed E-state index contributed by atoms with van der Waals surface area (Å²) in [5, 5.41) is 6.68. The number of nitrogens with one attached hydrogen (secondary N) is 2. The summed E-state index contributed by atoms with van der Waals surface area (Å²) in [4.78, 5) is 39.7. The average molecular weight is 572 g/mol. The molecule has 8 heteroatoms. The zero-order valence-electron chi connectivity index (χ0n) is 25.6. The molecule has 1 heterocycles. The van der Waals surface area contributed by atoms with E-state index in [1.807, 2.05) is 48.5 Å². The van der Waals surface area contributed by atoms with Gasteiger partial charge >= 0.3 is 0 Å². The van der Waals surface area contributed by atoms with E-state index in [0.29, 0.717) is 29.9 Å². The summed E-state index contributed by atoms with van der Waals surface area (Å²) in [7, 11) is 0. The van der Waals surface area contributed by atoms with Gasteiger partial charge in [-0.2, -0.15) is 5.11 Å². The van der Waals surface area contributed by atoms with Gasteiger partial charge in [0.15, 0.2) is 0 Å². The number of nitrogens with zero attached hydrogens (tertiary/aromatic N) is 2. The van der Waals surface area contributed by atoms with Crippen molar-refractivity contribution >= 4 is 34.7 Å². The predicted octanol–water partition coefficient (Wildman–Crippen LogP) is 7.00. The van der Waals surface area contributed by atoms with Gasteiger partial charge in [-0.15, -0.1) is 0 Å². The highest BCUT2D eigenvalue weighted by atomic mass is 16.2. The molecule has 8 nitrogen and oxygen atoms in total. The van der Waals surface area contributed by atoms with Gasteiger partial charge in [0.05, 0.1) is 17.9 Å². The quantitative estimate of drug-likeness (QED) is 0.177. The Kier molecular flexibility index (Phi) is 11.4. The number of benzene rings is 2. The van der Waals surface area contributed by atoms with Crippen molar-refractivity contribution in [2.24, 2.45) is 22.2 Å². The zero-order valence-corrected chi connectivity index (χ0v) is 25.6. The maximum Gasteiger partial charge on any atom is 0.240 e. The second-order valence-corrected chi connectivity index (χ2v) is 11.6. The number of amides is 3. The molecule has 0 radical (unpaired) electrons. The third kappa shape index (κ3) is 7.81. The van der Waals surface area contributed by atoms with Gasteiger partial charge in [0, 0.05) is 18.4 Å². The number of nitrogens with two attached hydrogens (primary N) is 1. The largest absolute Gasteiger partial charge is 0.368 e. The molecule has 0 fully saturated rings. The van der Waals surface area contributed by atoms with Crippen molar-refractivity contribution in [3.8, 4) is 0 Å². The van der Waals surface area contributed by atoms with Crippen LogP contribution in [-0.2, 0) is 20.9 Å². The van der Waals surface area contributed by atoms with Crippen LogP contribution in [-0.4, -0.2) is 23.8 Å². The SMILES string of the molecule is CCC(C)(/C=C/CC/C1=C(\N=N)c2ccccc2N(C(=O)CCC(=O)N[C@H](C(N)=O)C(C)C)Cc2ccccc21)CC. The van der Waals surface area contributed by atoms with E-state index < -0.39 is 17.9 Å². The Balaban J connectivity index is 1.96. The number of para-hydroxylation sites is 1. The fraction of sp³-hybridized carbons (Fsp3) is 0.441. The summed E-state index contributed by atoms with van der Waals surface area (Å²) >= 11 is 0. The van der Waals surface area contributed by atoms with Crippen LogP contribution in [0.3, 0.4) is 0 Å². The van der Waals surface area contributed by atoms with Crippen LogP contribution in [0.15, 0.2) is 65.8 Å². The van der Waals surface area contributed by atoms with Crippen molar-refractivity contribution in [3.05, 3.63) is 77.4 Å². The lowest BCUT2D eigenvalue weighted by Gasteiger charge is -2.30. The molecule has 224 valence electrons. The fourth-order valence-corrected chi connectivity index (χ4v) is 5.26. The third-order valence-corrected chi connectivity index (χ3v) is 8.37. The average Bonchev–Trinajstić information content (AvgIpc) is 2.98. The van der Waals surface area contributed by atoms with E-state index in [2.05, 4.69) is 43.4 Å². The third-order valence-electron chi connectivity index (χ3n) is 8.37. The number of carbonyl (C=O) groups is 3. The van der Waals surface area contributed by atoms with Crippen molar-refractivity contribution in [1.29, 1.82) is 5.53 Å². The number of fused-ring (bicyclic) bond motifs is 2. The lowest BCUT2D eigenvalue weighted by molar-refractivity contribution is -0.129. The summed E-state index contributed by atoms with van der Waals surface area (Å²) in [6.07, 6.45) is 8.06. The Morgan fingerprint density at radius 3 is 2.31 bits per heavy atom. The number of hydrogen-bond acceptors (Lipinski definition) is 5. The van der Waals surface area contributed by atoms with E-state index in [-0.39, 0.29) is 30.1 Å². The molecule has 2 aromatic rings. The predicted molar refractivity (Wildman–Crippen MR) is 168 cm³/mol. The highest BCUT2D eigenvalue weighted by Crippen LogP contribution is 2.40. The lowest BCUT2D eigenvalue weighted by Crippen LogP contribution is -2.47. The van der Waals surface area contributed by atoms with E-state index in [0.717, 1.165) is 36.0 Å². The zero-order chi connectivity index (χ0) is 30.9. The Labute approximate surface area is 250 Å². The molecule has 0 aliphatic carbocycles. The molecule has 1 aliphatic rings. The molecule has 0 bridgehead atoms. The molecule has 0 unspecified atom stereocenters. The molecular formula is C34H45N5O3. The lowest BCUT2D eigenvalue weighted by atomic mass is 9.84. The van der Waals surface area contributed by atoms with E-state index in [9.17, 15) is 14.4 Å². The van der Waals surface area contributed by atoms with Crippen molar-refractivity contribution in [1.82, 2.24) is 5.32 Å². The van der Waals surface area contributed by atoms with Crippen molar-refractivity contribution < 1.29 is 14.4 Å². The first kappa shape index (κ1) is 32.4. The highest BCUT2D eigenvalue weighted by Gasteiger charge is 2.28. The van der Waals surface area contributed by atoms with Gasteiger partial charge in [0.25, 0.3) is 0 Å². The summed E-state index contributed by atoms with van der Waals surface area (Å²) in [5.74, 6) is -1.40. The smallest absolute Gasteiger partial charge is 0.240 e. The van der Waals surface area contributed by atoms with E-state index in [1.165, 1.54) is 0 Å². The van der Waals surface area contributed by atoms with Gasteiger partial charge in [0.2, 0.25) is 17.7 Å². The molecule has 42 heavy (non-hydrogen) atoms. The van der Waals surface area contributed by atoms with Crippen LogP contribution in [0, 0.1) is 16.9 Å². The highest BCUT2D eigenvalue weighted by molar-refractivity contribution is 6.02. The Bertz CT molecular complexity index is 1360. The maximum absolute atomic E-state index is 13.7.